The lowest BCUT2D eigenvalue weighted by Gasteiger charge is -2.15. The fourth-order valence-corrected chi connectivity index (χ4v) is 2.98. The fraction of sp³-hybridized carbons (Fsp3) is 0.286. The number of carbonyl (C=O) groups excluding carboxylic acids is 3. The van der Waals surface area contributed by atoms with Crippen molar-refractivity contribution in [2.24, 2.45) is 0 Å². The van der Waals surface area contributed by atoms with Crippen molar-refractivity contribution < 1.29 is 27.9 Å². The second-order valence-electron chi connectivity index (χ2n) is 6.66. The van der Waals surface area contributed by atoms with Crippen LogP contribution in [0.4, 0.5) is 8.78 Å². The Hall–Kier alpha value is -3.29. The number of nitrogens with zero attached hydrogens (tertiary/aromatic N) is 1. The molecule has 0 radical (unpaired) electrons. The molecule has 3 rings (SSSR count). The van der Waals surface area contributed by atoms with Gasteiger partial charge in [0, 0.05) is 24.7 Å². The molecule has 0 saturated carbocycles. The van der Waals surface area contributed by atoms with Crippen molar-refractivity contribution in [1.29, 1.82) is 0 Å². The molecule has 0 bridgehead atoms. The summed E-state index contributed by atoms with van der Waals surface area (Å²) in [4.78, 5) is 37.7. The van der Waals surface area contributed by atoms with E-state index in [-0.39, 0.29) is 18.1 Å². The molecule has 1 aliphatic heterocycles. The van der Waals surface area contributed by atoms with Crippen LogP contribution in [-0.2, 0) is 16.1 Å². The van der Waals surface area contributed by atoms with Gasteiger partial charge in [-0.25, -0.2) is 8.78 Å². The summed E-state index contributed by atoms with van der Waals surface area (Å²) in [5, 5.41) is 2.22. The smallest absolute Gasteiger partial charge is 0.325 e. The lowest BCUT2D eigenvalue weighted by Crippen LogP contribution is -2.31. The van der Waals surface area contributed by atoms with Gasteiger partial charge in [-0.05, 0) is 42.7 Å². The number of nitrogens with one attached hydrogen (secondary N) is 1. The quantitative estimate of drug-likeness (QED) is 0.754. The summed E-state index contributed by atoms with van der Waals surface area (Å²) < 4.78 is 31.5. The van der Waals surface area contributed by atoms with Crippen molar-refractivity contribution >= 4 is 17.8 Å². The lowest BCUT2D eigenvalue weighted by molar-refractivity contribution is -0.143. The molecule has 0 spiro atoms. The van der Waals surface area contributed by atoms with E-state index in [0.717, 1.165) is 38.1 Å². The Morgan fingerprint density at radius 3 is 2.34 bits per heavy atom. The molecular formula is C21H20F2N2O4. The average Bonchev–Trinajstić information content (AvgIpc) is 3.25. The van der Waals surface area contributed by atoms with Crippen LogP contribution in [0, 0.1) is 11.6 Å². The molecule has 1 fully saturated rings. The van der Waals surface area contributed by atoms with Crippen molar-refractivity contribution in [2.45, 2.75) is 19.4 Å². The van der Waals surface area contributed by atoms with Gasteiger partial charge in [0.2, 0.25) is 0 Å². The summed E-state index contributed by atoms with van der Waals surface area (Å²) in [7, 11) is 0. The minimum atomic E-state index is -1.01. The zero-order chi connectivity index (χ0) is 20.8. The molecule has 1 N–H and O–H groups in total. The molecule has 0 aromatic heterocycles. The summed E-state index contributed by atoms with van der Waals surface area (Å²) in [6.45, 7) is 1.05. The Labute approximate surface area is 166 Å². The Morgan fingerprint density at radius 2 is 1.69 bits per heavy atom. The van der Waals surface area contributed by atoms with Gasteiger partial charge in [-0.3, -0.25) is 14.4 Å². The van der Waals surface area contributed by atoms with Gasteiger partial charge in [0.15, 0.2) is 0 Å². The van der Waals surface area contributed by atoms with Crippen molar-refractivity contribution in [3.63, 3.8) is 0 Å². The largest absolute Gasteiger partial charge is 0.460 e. The molecule has 0 unspecified atom stereocenters. The molecule has 152 valence electrons. The monoisotopic (exact) mass is 402 g/mol. The molecular weight excluding hydrogens is 382 g/mol. The number of halogens is 2. The van der Waals surface area contributed by atoms with E-state index in [9.17, 15) is 23.2 Å². The highest BCUT2D eigenvalue weighted by atomic mass is 19.1. The number of carbonyl (C=O) groups is 3. The predicted octanol–water partition coefficient (Wildman–Crippen LogP) is 2.67. The van der Waals surface area contributed by atoms with Crippen molar-refractivity contribution in [3.8, 4) is 0 Å². The van der Waals surface area contributed by atoms with Gasteiger partial charge in [-0.15, -0.1) is 0 Å². The van der Waals surface area contributed by atoms with E-state index in [0.29, 0.717) is 17.2 Å². The van der Waals surface area contributed by atoms with Gasteiger partial charge >= 0.3 is 5.97 Å². The van der Waals surface area contributed by atoms with Crippen LogP contribution in [0.5, 0.6) is 0 Å². The van der Waals surface area contributed by atoms with Gasteiger partial charge in [-0.2, -0.15) is 0 Å². The number of hydrogen-bond donors (Lipinski definition) is 1. The number of hydrogen-bond acceptors (Lipinski definition) is 4. The molecule has 2 aromatic carbocycles. The van der Waals surface area contributed by atoms with Crippen LogP contribution in [0.1, 0.15) is 39.1 Å². The summed E-state index contributed by atoms with van der Waals surface area (Å²) in [5.74, 6) is -3.38. The minimum absolute atomic E-state index is 0.0122. The highest BCUT2D eigenvalue weighted by Crippen LogP contribution is 2.14. The normalized spacial score (nSPS) is 13.2. The van der Waals surface area contributed by atoms with Crippen molar-refractivity contribution in [3.05, 3.63) is 70.8 Å². The van der Waals surface area contributed by atoms with Crippen LogP contribution in [0.3, 0.4) is 0 Å². The van der Waals surface area contributed by atoms with Gasteiger partial charge < -0.3 is 15.0 Å². The van der Waals surface area contributed by atoms with Gasteiger partial charge in [-0.1, -0.05) is 12.1 Å². The molecule has 29 heavy (non-hydrogen) atoms. The van der Waals surface area contributed by atoms with Crippen LogP contribution in [0.15, 0.2) is 42.5 Å². The topological polar surface area (TPSA) is 75.7 Å². The van der Waals surface area contributed by atoms with Gasteiger partial charge in [0.25, 0.3) is 11.8 Å². The van der Waals surface area contributed by atoms with Crippen LogP contribution >= 0.6 is 0 Å². The number of ether oxygens (including phenoxy) is 1. The molecule has 1 heterocycles. The lowest BCUT2D eigenvalue weighted by atomic mass is 10.1. The second-order valence-corrected chi connectivity index (χ2v) is 6.66. The van der Waals surface area contributed by atoms with Crippen LogP contribution < -0.4 is 5.32 Å². The first-order chi connectivity index (χ1) is 13.9. The number of rotatable bonds is 6. The maximum atomic E-state index is 13.5. The van der Waals surface area contributed by atoms with E-state index >= 15 is 0 Å². The Kier molecular flexibility index (Phi) is 6.54. The molecule has 8 heteroatoms. The standard InChI is InChI=1S/C21H20F2N2O4/c22-16-7-8-17(18(23)11-16)20(27)24-12-19(26)29-13-14-3-5-15(6-4-14)21(28)25-9-1-2-10-25/h3-8,11H,1-2,9-10,12-13H2,(H,24,27). The number of esters is 1. The summed E-state index contributed by atoms with van der Waals surface area (Å²) in [6, 6.07) is 9.30. The minimum Gasteiger partial charge on any atom is -0.460 e. The number of likely N-dealkylation sites (tertiary alicyclic amines) is 1. The molecule has 0 atom stereocenters. The van der Waals surface area contributed by atoms with E-state index in [1.807, 2.05) is 4.90 Å². The van der Waals surface area contributed by atoms with Crippen molar-refractivity contribution in [1.82, 2.24) is 10.2 Å². The summed E-state index contributed by atoms with van der Waals surface area (Å²) in [5.41, 5.74) is 0.903. The third-order valence-corrected chi connectivity index (χ3v) is 4.56. The highest BCUT2D eigenvalue weighted by molar-refractivity contribution is 5.96. The van der Waals surface area contributed by atoms with E-state index < -0.39 is 30.1 Å². The van der Waals surface area contributed by atoms with Gasteiger partial charge in [0.05, 0.1) is 5.56 Å². The second kappa shape index (κ2) is 9.27. The Morgan fingerprint density at radius 1 is 1.00 bits per heavy atom. The fourth-order valence-electron chi connectivity index (χ4n) is 2.98. The SMILES string of the molecule is O=C(CNC(=O)c1ccc(F)cc1F)OCc1ccc(C(=O)N2CCCC2)cc1. The summed E-state index contributed by atoms with van der Waals surface area (Å²) in [6.07, 6.45) is 2.04. The van der Waals surface area contributed by atoms with Gasteiger partial charge in [0.1, 0.15) is 24.8 Å². The van der Waals surface area contributed by atoms with Crippen LogP contribution in [0.2, 0.25) is 0 Å². The molecule has 2 amide bonds. The third-order valence-electron chi connectivity index (χ3n) is 4.56. The summed E-state index contributed by atoms with van der Waals surface area (Å²) >= 11 is 0. The maximum absolute atomic E-state index is 13.5. The molecule has 0 aliphatic carbocycles. The highest BCUT2D eigenvalue weighted by Gasteiger charge is 2.19. The molecule has 2 aromatic rings. The first-order valence-electron chi connectivity index (χ1n) is 9.21. The Balaban J connectivity index is 1.45. The van der Waals surface area contributed by atoms with E-state index in [1.54, 1.807) is 24.3 Å². The number of amides is 2. The zero-order valence-electron chi connectivity index (χ0n) is 15.6. The first-order valence-corrected chi connectivity index (χ1v) is 9.21. The molecule has 1 aliphatic rings. The maximum Gasteiger partial charge on any atom is 0.325 e. The van der Waals surface area contributed by atoms with Crippen LogP contribution in [-0.4, -0.2) is 42.3 Å². The third kappa shape index (κ3) is 5.37. The van der Waals surface area contributed by atoms with E-state index in [2.05, 4.69) is 5.32 Å². The zero-order valence-corrected chi connectivity index (χ0v) is 15.6. The molecule has 1 saturated heterocycles. The Bertz CT molecular complexity index is 909. The van der Waals surface area contributed by atoms with Crippen molar-refractivity contribution in [2.75, 3.05) is 19.6 Å². The van der Waals surface area contributed by atoms with E-state index in [1.165, 1.54) is 0 Å². The van der Waals surface area contributed by atoms with E-state index in [4.69, 9.17) is 4.74 Å². The average molecular weight is 402 g/mol. The predicted molar refractivity (Wildman–Crippen MR) is 100 cm³/mol. The first kappa shape index (κ1) is 20.4. The number of benzene rings is 2. The molecule has 6 nitrogen and oxygen atoms in total. The van der Waals surface area contributed by atoms with Crippen LogP contribution in [0.25, 0.3) is 0 Å².